The normalized spacial score (nSPS) is 11.2. The van der Waals surface area contributed by atoms with Crippen molar-refractivity contribution in [2.75, 3.05) is 7.11 Å². The van der Waals surface area contributed by atoms with E-state index in [4.69, 9.17) is 9.84 Å². The molecule has 0 bridgehead atoms. The molecule has 0 fully saturated rings. The summed E-state index contributed by atoms with van der Waals surface area (Å²) in [6.45, 7) is 5.84. The first-order valence-corrected chi connectivity index (χ1v) is 4.65. The van der Waals surface area contributed by atoms with E-state index >= 15 is 0 Å². The van der Waals surface area contributed by atoms with E-state index in [0.717, 1.165) is 0 Å². The van der Waals surface area contributed by atoms with E-state index in [2.05, 4.69) is 4.98 Å². The van der Waals surface area contributed by atoms with Crippen LogP contribution in [0.4, 0.5) is 0 Å². The molecule has 0 atom stereocenters. The maximum atomic E-state index is 11.0. The Morgan fingerprint density at radius 2 is 2.00 bits per heavy atom. The third-order valence-corrected chi connectivity index (χ3v) is 2.09. The first-order chi connectivity index (χ1) is 6.86. The average molecular weight is 209 g/mol. The molecule has 0 aliphatic carbocycles. The lowest BCUT2D eigenvalue weighted by molar-refractivity contribution is 0.0686. The smallest absolute Gasteiger partial charge is 0.354 e. The molecule has 0 saturated carbocycles. The molecule has 1 aromatic heterocycles. The second-order valence-electron chi connectivity index (χ2n) is 4.30. The molecule has 1 N–H and O–H groups in total. The van der Waals surface area contributed by atoms with Crippen molar-refractivity contribution in [3.8, 4) is 5.88 Å². The molecule has 0 saturated heterocycles. The van der Waals surface area contributed by atoms with Crippen molar-refractivity contribution in [2.24, 2.45) is 0 Å². The van der Waals surface area contributed by atoms with Crippen LogP contribution in [0.15, 0.2) is 12.1 Å². The molecule has 0 aliphatic rings. The first kappa shape index (κ1) is 11.5. The Hall–Kier alpha value is -1.58. The summed E-state index contributed by atoms with van der Waals surface area (Å²) in [5, 5.41) is 9.03. The highest BCUT2D eigenvalue weighted by atomic mass is 16.5. The van der Waals surface area contributed by atoms with Crippen molar-refractivity contribution in [3.63, 3.8) is 0 Å². The SMILES string of the molecule is COc1ccc(C(C)(C)C)c(C(=O)O)n1. The van der Waals surface area contributed by atoms with Crippen LogP contribution in [-0.4, -0.2) is 23.2 Å². The van der Waals surface area contributed by atoms with E-state index in [0.29, 0.717) is 11.4 Å². The molecule has 15 heavy (non-hydrogen) atoms. The average Bonchev–Trinajstić information content (AvgIpc) is 2.15. The number of hydrogen-bond acceptors (Lipinski definition) is 3. The zero-order chi connectivity index (χ0) is 11.6. The monoisotopic (exact) mass is 209 g/mol. The summed E-state index contributed by atoms with van der Waals surface area (Å²) in [5.41, 5.74) is 0.519. The molecule has 0 spiro atoms. The van der Waals surface area contributed by atoms with E-state index in [1.807, 2.05) is 20.8 Å². The van der Waals surface area contributed by atoms with Crippen LogP contribution in [0, 0.1) is 0 Å². The van der Waals surface area contributed by atoms with Crippen molar-refractivity contribution >= 4 is 5.97 Å². The summed E-state index contributed by atoms with van der Waals surface area (Å²) < 4.78 is 4.90. The van der Waals surface area contributed by atoms with E-state index in [1.165, 1.54) is 7.11 Å². The minimum Gasteiger partial charge on any atom is -0.481 e. The van der Waals surface area contributed by atoms with Crippen molar-refractivity contribution in [1.82, 2.24) is 4.98 Å². The fourth-order valence-electron chi connectivity index (χ4n) is 1.32. The molecule has 0 aromatic carbocycles. The lowest BCUT2D eigenvalue weighted by Crippen LogP contribution is -2.18. The molecule has 1 heterocycles. The molecule has 0 unspecified atom stereocenters. The van der Waals surface area contributed by atoms with Gasteiger partial charge in [-0.2, -0.15) is 0 Å². The minimum atomic E-state index is -1.03. The Morgan fingerprint density at radius 3 is 2.40 bits per heavy atom. The predicted octanol–water partition coefficient (Wildman–Crippen LogP) is 2.09. The number of ether oxygens (including phenoxy) is 1. The Kier molecular flexibility index (Phi) is 2.98. The molecular formula is C11H15NO3. The van der Waals surface area contributed by atoms with Gasteiger partial charge in [0.25, 0.3) is 0 Å². The highest BCUT2D eigenvalue weighted by Gasteiger charge is 2.23. The van der Waals surface area contributed by atoms with Gasteiger partial charge < -0.3 is 9.84 Å². The standard InChI is InChI=1S/C11H15NO3/c1-11(2,3)7-5-6-8(15-4)12-9(7)10(13)14/h5-6H,1-4H3,(H,13,14). The number of carboxylic acids is 1. The molecular weight excluding hydrogens is 194 g/mol. The summed E-state index contributed by atoms with van der Waals surface area (Å²) in [5.74, 6) is -0.709. The number of aromatic nitrogens is 1. The van der Waals surface area contributed by atoms with Gasteiger partial charge in [-0.15, -0.1) is 0 Å². The van der Waals surface area contributed by atoms with Gasteiger partial charge in [-0.3, -0.25) is 0 Å². The summed E-state index contributed by atoms with van der Waals surface area (Å²) in [6, 6.07) is 3.42. The van der Waals surface area contributed by atoms with Gasteiger partial charge in [0.1, 0.15) is 0 Å². The van der Waals surface area contributed by atoms with Crippen LogP contribution in [0.5, 0.6) is 5.88 Å². The predicted molar refractivity (Wildman–Crippen MR) is 56.4 cm³/mol. The number of nitrogens with zero attached hydrogens (tertiary/aromatic N) is 1. The molecule has 1 aromatic rings. The number of methoxy groups -OCH3 is 1. The number of carbonyl (C=O) groups is 1. The van der Waals surface area contributed by atoms with E-state index in [9.17, 15) is 4.79 Å². The first-order valence-electron chi connectivity index (χ1n) is 4.65. The van der Waals surface area contributed by atoms with Gasteiger partial charge >= 0.3 is 5.97 Å². The topological polar surface area (TPSA) is 59.4 Å². The van der Waals surface area contributed by atoms with Crippen molar-refractivity contribution in [1.29, 1.82) is 0 Å². The summed E-state index contributed by atoms with van der Waals surface area (Å²) in [6.07, 6.45) is 0. The second-order valence-corrected chi connectivity index (χ2v) is 4.30. The van der Waals surface area contributed by atoms with Crippen LogP contribution < -0.4 is 4.74 Å². The fourth-order valence-corrected chi connectivity index (χ4v) is 1.32. The van der Waals surface area contributed by atoms with Gasteiger partial charge in [-0.25, -0.2) is 9.78 Å². The molecule has 4 nitrogen and oxygen atoms in total. The Bertz CT molecular complexity index is 380. The molecule has 0 radical (unpaired) electrons. The number of aromatic carboxylic acids is 1. The summed E-state index contributed by atoms with van der Waals surface area (Å²) in [7, 11) is 1.46. The van der Waals surface area contributed by atoms with Crippen molar-refractivity contribution in [2.45, 2.75) is 26.2 Å². The van der Waals surface area contributed by atoms with Gasteiger partial charge in [0.15, 0.2) is 5.69 Å². The molecule has 0 aliphatic heterocycles. The van der Waals surface area contributed by atoms with E-state index in [-0.39, 0.29) is 11.1 Å². The molecule has 0 amide bonds. The molecule has 82 valence electrons. The highest BCUT2D eigenvalue weighted by molar-refractivity contribution is 5.87. The largest absolute Gasteiger partial charge is 0.481 e. The number of pyridine rings is 1. The maximum absolute atomic E-state index is 11.0. The van der Waals surface area contributed by atoms with Crippen molar-refractivity contribution < 1.29 is 14.6 Å². The maximum Gasteiger partial charge on any atom is 0.354 e. The lowest BCUT2D eigenvalue weighted by Gasteiger charge is -2.20. The van der Waals surface area contributed by atoms with Crippen molar-refractivity contribution in [3.05, 3.63) is 23.4 Å². The number of carboxylic acid groups (broad SMARTS) is 1. The van der Waals surface area contributed by atoms with E-state index < -0.39 is 5.97 Å². The van der Waals surface area contributed by atoms with Crippen LogP contribution in [0.3, 0.4) is 0 Å². The number of hydrogen-bond donors (Lipinski definition) is 1. The highest BCUT2D eigenvalue weighted by Crippen LogP contribution is 2.26. The molecule has 4 heteroatoms. The zero-order valence-electron chi connectivity index (χ0n) is 9.37. The van der Waals surface area contributed by atoms with Gasteiger partial charge in [0.05, 0.1) is 7.11 Å². The van der Waals surface area contributed by atoms with Gasteiger partial charge in [-0.1, -0.05) is 26.8 Å². The third-order valence-electron chi connectivity index (χ3n) is 2.09. The van der Waals surface area contributed by atoms with Gasteiger partial charge in [0.2, 0.25) is 5.88 Å². The third kappa shape index (κ3) is 2.46. The Morgan fingerprint density at radius 1 is 1.40 bits per heavy atom. The Balaban J connectivity index is 3.34. The van der Waals surface area contributed by atoms with Gasteiger partial charge in [0, 0.05) is 6.07 Å². The fraction of sp³-hybridized carbons (Fsp3) is 0.455. The van der Waals surface area contributed by atoms with Crippen LogP contribution in [0.2, 0.25) is 0 Å². The van der Waals surface area contributed by atoms with Gasteiger partial charge in [-0.05, 0) is 11.0 Å². The van der Waals surface area contributed by atoms with Crippen LogP contribution in [-0.2, 0) is 5.41 Å². The lowest BCUT2D eigenvalue weighted by atomic mass is 9.86. The number of rotatable bonds is 2. The minimum absolute atomic E-state index is 0.0573. The van der Waals surface area contributed by atoms with Crippen LogP contribution in [0.1, 0.15) is 36.8 Å². The van der Waals surface area contributed by atoms with Crippen LogP contribution >= 0.6 is 0 Å². The molecule has 1 rings (SSSR count). The Labute approximate surface area is 88.9 Å². The van der Waals surface area contributed by atoms with Crippen LogP contribution in [0.25, 0.3) is 0 Å². The summed E-state index contributed by atoms with van der Waals surface area (Å²) >= 11 is 0. The second kappa shape index (κ2) is 3.88. The zero-order valence-corrected chi connectivity index (χ0v) is 9.37. The quantitative estimate of drug-likeness (QED) is 0.810. The summed E-state index contributed by atoms with van der Waals surface area (Å²) in [4.78, 5) is 15.0. The van der Waals surface area contributed by atoms with E-state index in [1.54, 1.807) is 12.1 Å².